The lowest BCUT2D eigenvalue weighted by molar-refractivity contribution is -0.190. The summed E-state index contributed by atoms with van der Waals surface area (Å²) in [4.78, 5) is 21.7. The fourth-order valence-corrected chi connectivity index (χ4v) is 1.60. The number of rotatable bonds is 1. The number of carbonyl (C=O) groups is 2. The molecule has 1 rings (SSSR count). The van der Waals surface area contributed by atoms with Crippen molar-refractivity contribution in [1.82, 2.24) is 4.90 Å². The molecule has 2 N–H and O–H groups in total. The summed E-state index contributed by atoms with van der Waals surface area (Å²) < 4.78 is 36.2. The number of β-amino-alcohol motifs (C(OH)–C–C–N with tert-alkyl or cyclic N) is 1. The van der Waals surface area contributed by atoms with Crippen LogP contribution < -0.4 is 0 Å². The molecule has 92 valence electrons. The second-order valence-corrected chi connectivity index (χ2v) is 3.63. The highest BCUT2D eigenvalue weighted by Crippen LogP contribution is 2.24. The van der Waals surface area contributed by atoms with Crippen molar-refractivity contribution >= 4 is 11.9 Å². The van der Waals surface area contributed by atoms with E-state index in [9.17, 15) is 27.9 Å². The summed E-state index contributed by atoms with van der Waals surface area (Å²) in [5.41, 5.74) is 0. The summed E-state index contributed by atoms with van der Waals surface area (Å²) >= 11 is 0. The van der Waals surface area contributed by atoms with E-state index in [0.29, 0.717) is 4.90 Å². The smallest absolute Gasteiger partial charge is 0.471 e. The van der Waals surface area contributed by atoms with Gasteiger partial charge in [0.25, 0.3) is 0 Å². The number of hydrogen-bond acceptors (Lipinski definition) is 3. The number of carboxylic acid groups (broad SMARTS) is 1. The van der Waals surface area contributed by atoms with Crippen molar-refractivity contribution in [3.8, 4) is 0 Å². The maximum absolute atomic E-state index is 12.1. The molecule has 1 aliphatic rings. The van der Waals surface area contributed by atoms with Crippen LogP contribution in [0.1, 0.15) is 6.42 Å². The van der Waals surface area contributed by atoms with Gasteiger partial charge in [-0.25, -0.2) is 0 Å². The van der Waals surface area contributed by atoms with Crippen LogP contribution in [0.5, 0.6) is 0 Å². The first kappa shape index (κ1) is 12.8. The number of hydrogen-bond donors (Lipinski definition) is 2. The van der Waals surface area contributed by atoms with Crippen LogP contribution in [0.25, 0.3) is 0 Å². The number of alkyl halides is 3. The van der Waals surface area contributed by atoms with Crippen LogP contribution in [0.4, 0.5) is 13.2 Å². The number of aliphatic hydroxyl groups excluding tert-OH is 1. The monoisotopic (exact) mass is 241 g/mol. The molecule has 1 aliphatic heterocycles. The van der Waals surface area contributed by atoms with Gasteiger partial charge < -0.3 is 15.1 Å². The molecular weight excluding hydrogens is 231 g/mol. The van der Waals surface area contributed by atoms with Crippen LogP contribution in [0.3, 0.4) is 0 Å². The minimum atomic E-state index is -5.04. The molecule has 0 aromatic heterocycles. The number of aliphatic carboxylic acids is 1. The third-order valence-electron chi connectivity index (χ3n) is 2.31. The Morgan fingerprint density at radius 1 is 1.25 bits per heavy atom. The number of nitrogens with zero attached hydrogens (tertiary/aromatic N) is 1. The summed E-state index contributed by atoms with van der Waals surface area (Å²) in [6.07, 6.45) is -6.42. The molecule has 0 bridgehead atoms. The predicted molar refractivity (Wildman–Crippen MR) is 44.4 cm³/mol. The number of piperidine rings is 1. The molecule has 1 fully saturated rings. The SMILES string of the molecule is O=C(O)[C@@H]1C[C@@H](O)CN(C(=O)C(F)(F)F)C1. The Morgan fingerprint density at radius 2 is 1.81 bits per heavy atom. The standard InChI is InChI=1S/C8H10F3NO4/c9-8(10,11)7(16)12-2-4(6(14)15)1-5(13)3-12/h4-5,13H,1-3H2,(H,14,15)/t4-,5-/m1/s1. The van der Waals surface area contributed by atoms with Gasteiger partial charge in [0.2, 0.25) is 0 Å². The molecule has 5 nitrogen and oxygen atoms in total. The van der Waals surface area contributed by atoms with Gasteiger partial charge in [-0.1, -0.05) is 0 Å². The number of carboxylic acids is 1. The topological polar surface area (TPSA) is 77.8 Å². The molecule has 8 heteroatoms. The molecule has 0 aromatic rings. The maximum atomic E-state index is 12.1. The van der Waals surface area contributed by atoms with Crippen LogP contribution in [0.15, 0.2) is 0 Å². The number of carbonyl (C=O) groups excluding carboxylic acids is 1. The third kappa shape index (κ3) is 2.84. The zero-order chi connectivity index (χ0) is 12.5. The molecular formula is C8H10F3NO4. The van der Waals surface area contributed by atoms with Crippen molar-refractivity contribution in [2.24, 2.45) is 5.92 Å². The van der Waals surface area contributed by atoms with Gasteiger partial charge in [0.15, 0.2) is 0 Å². The average Bonchev–Trinajstić information content (AvgIpc) is 2.14. The van der Waals surface area contributed by atoms with E-state index in [-0.39, 0.29) is 6.42 Å². The summed E-state index contributed by atoms with van der Waals surface area (Å²) in [5.74, 6) is -4.59. The van der Waals surface area contributed by atoms with Gasteiger partial charge in [-0.05, 0) is 6.42 Å². The van der Waals surface area contributed by atoms with E-state index >= 15 is 0 Å². The van der Waals surface area contributed by atoms with E-state index in [1.54, 1.807) is 0 Å². The molecule has 2 atom stereocenters. The lowest BCUT2D eigenvalue weighted by Gasteiger charge is -2.34. The van der Waals surface area contributed by atoms with Gasteiger partial charge in [0.1, 0.15) is 0 Å². The molecule has 16 heavy (non-hydrogen) atoms. The van der Waals surface area contributed by atoms with E-state index in [0.717, 1.165) is 0 Å². The number of halogens is 3. The second-order valence-electron chi connectivity index (χ2n) is 3.63. The molecule has 0 aromatic carbocycles. The minimum Gasteiger partial charge on any atom is -0.481 e. The third-order valence-corrected chi connectivity index (χ3v) is 2.31. The highest BCUT2D eigenvalue weighted by molar-refractivity contribution is 5.82. The highest BCUT2D eigenvalue weighted by atomic mass is 19.4. The van der Waals surface area contributed by atoms with E-state index in [4.69, 9.17) is 5.11 Å². The molecule has 0 saturated carbocycles. The van der Waals surface area contributed by atoms with Crippen molar-refractivity contribution in [2.75, 3.05) is 13.1 Å². The van der Waals surface area contributed by atoms with Gasteiger partial charge >= 0.3 is 18.1 Å². The Morgan fingerprint density at radius 3 is 2.25 bits per heavy atom. The van der Waals surface area contributed by atoms with Gasteiger partial charge in [-0.2, -0.15) is 13.2 Å². The van der Waals surface area contributed by atoms with Crippen molar-refractivity contribution in [2.45, 2.75) is 18.7 Å². The number of likely N-dealkylation sites (tertiary alicyclic amines) is 1. The van der Waals surface area contributed by atoms with E-state index < -0.39 is 43.2 Å². The van der Waals surface area contributed by atoms with Gasteiger partial charge in [-0.3, -0.25) is 9.59 Å². The number of aliphatic hydroxyl groups is 1. The Bertz CT molecular complexity index is 304. The fraction of sp³-hybridized carbons (Fsp3) is 0.750. The maximum Gasteiger partial charge on any atom is 0.471 e. The van der Waals surface area contributed by atoms with Crippen LogP contribution in [0, 0.1) is 5.92 Å². The van der Waals surface area contributed by atoms with Crippen LogP contribution >= 0.6 is 0 Å². The highest BCUT2D eigenvalue weighted by Gasteiger charge is 2.45. The van der Waals surface area contributed by atoms with Crippen molar-refractivity contribution in [3.63, 3.8) is 0 Å². The quantitative estimate of drug-likeness (QED) is 0.668. The lowest BCUT2D eigenvalue weighted by Crippen LogP contribution is -2.52. The fourth-order valence-electron chi connectivity index (χ4n) is 1.60. The zero-order valence-electron chi connectivity index (χ0n) is 8.07. The van der Waals surface area contributed by atoms with Crippen LogP contribution in [-0.4, -0.2) is 52.4 Å². The van der Waals surface area contributed by atoms with Gasteiger partial charge in [0, 0.05) is 13.1 Å². The molecule has 0 radical (unpaired) electrons. The Labute approximate surface area is 88.5 Å². The predicted octanol–water partition coefficient (Wildman–Crippen LogP) is -0.157. The van der Waals surface area contributed by atoms with Crippen molar-refractivity contribution in [1.29, 1.82) is 0 Å². The molecule has 0 unspecified atom stereocenters. The first-order valence-corrected chi connectivity index (χ1v) is 4.48. The molecule has 0 spiro atoms. The Hall–Kier alpha value is -1.31. The first-order chi connectivity index (χ1) is 7.21. The van der Waals surface area contributed by atoms with E-state index in [1.807, 2.05) is 0 Å². The Balaban J connectivity index is 2.75. The summed E-state index contributed by atoms with van der Waals surface area (Å²) in [7, 11) is 0. The largest absolute Gasteiger partial charge is 0.481 e. The summed E-state index contributed by atoms with van der Waals surface area (Å²) in [6, 6.07) is 0. The van der Waals surface area contributed by atoms with Crippen molar-refractivity contribution in [3.05, 3.63) is 0 Å². The lowest BCUT2D eigenvalue weighted by atomic mass is 9.96. The summed E-state index contributed by atoms with van der Waals surface area (Å²) in [6.45, 7) is -1.01. The van der Waals surface area contributed by atoms with Gasteiger partial charge in [0.05, 0.1) is 12.0 Å². The van der Waals surface area contributed by atoms with Crippen LogP contribution in [0.2, 0.25) is 0 Å². The van der Waals surface area contributed by atoms with Crippen LogP contribution in [-0.2, 0) is 9.59 Å². The Kier molecular flexibility index (Phi) is 3.41. The first-order valence-electron chi connectivity index (χ1n) is 4.48. The molecule has 0 aliphatic carbocycles. The van der Waals surface area contributed by atoms with Gasteiger partial charge in [-0.15, -0.1) is 0 Å². The summed E-state index contributed by atoms with van der Waals surface area (Å²) in [5, 5.41) is 17.8. The average molecular weight is 241 g/mol. The number of amides is 1. The normalized spacial score (nSPS) is 26.6. The zero-order valence-corrected chi connectivity index (χ0v) is 8.07. The van der Waals surface area contributed by atoms with Crippen molar-refractivity contribution < 1.29 is 33.0 Å². The molecule has 1 heterocycles. The molecule has 1 saturated heterocycles. The minimum absolute atomic E-state index is 0.142. The van der Waals surface area contributed by atoms with E-state index in [1.165, 1.54) is 0 Å². The second kappa shape index (κ2) is 4.28. The molecule has 1 amide bonds. The van der Waals surface area contributed by atoms with E-state index in [2.05, 4.69) is 0 Å².